The Morgan fingerprint density at radius 3 is 1.82 bits per heavy atom. The lowest BCUT2D eigenvalue weighted by Crippen LogP contribution is -2.09. The Morgan fingerprint density at radius 2 is 1.02 bits per heavy atom. The SMILES string of the molecule is c1ccc(-c2ccc(N(c3ccc(-c4cccc5c4oc4cnccc45)cc3)c3ccc4c(ccc5c6ccccc6ccc45)c3)cc2)cc1. The van der Waals surface area contributed by atoms with Crippen LogP contribution in [0.15, 0.2) is 187 Å². The first-order valence-corrected chi connectivity index (χ1v) is 16.9. The Hall–Kier alpha value is -6.71. The largest absolute Gasteiger partial charge is 0.454 e. The van der Waals surface area contributed by atoms with Crippen LogP contribution in [0.5, 0.6) is 0 Å². The molecule has 0 fully saturated rings. The first-order valence-electron chi connectivity index (χ1n) is 16.9. The molecule has 0 aliphatic carbocycles. The summed E-state index contributed by atoms with van der Waals surface area (Å²) in [7, 11) is 0. The third-order valence-electron chi connectivity index (χ3n) is 9.95. The average Bonchev–Trinajstić information content (AvgIpc) is 3.58. The molecule has 0 aliphatic rings. The van der Waals surface area contributed by atoms with E-state index in [1.165, 1.54) is 43.4 Å². The second kappa shape index (κ2) is 11.5. The van der Waals surface area contributed by atoms with E-state index in [1.54, 1.807) is 6.20 Å². The number of nitrogens with zero attached hydrogens (tertiary/aromatic N) is 2. The lowest BCUT2D eigenvalue weighted by molar-refractivity contribution is 0.668. The minimum atomic E-state index is 0.800. The van der Waals surface area contributed by atoms with E-state index in [-0.39, 0.29) is 0 Å². The molecule has 50 heavy (non-hydrogen) atoms. The van der Waals surface area contributed by atoms with E-state index in [0.29, 0.717) is 0 Å². The highest BCUT2D eigenvalue weighted by Gasteiger charge is 2.17. The molecular weight excluding hydrogens is 609 g/mol. The smallest absolute Gasteiger partial charge is 0.153 e. The molecule has 2 heterocycles. The number of para-hydroxylation sites is 1. The summed E-state index contributed by atoms with van der Waals surface area (Å²) in [6.45, 7) is 0. The molecule has 0 spiro atoms. The van der Waals surface area contributed by atoms with E-state index in [9.17, 15) is 0 Å². The summed E-state index contributed by atoms with van der Waals surface area (Å²) in [6, 6.07) is 61.0. The van der Waals surface area contributed by atoms with Crippen molar-refractivity contribution in [1.82, 2.24) is 4.98 Å². The molecule has 0 amide bonds. The molecule has 0 atom stereocenters. The van der Waals surface area contributed by atoms with Gasteiger partial charge in [-0.05, 0) is 91.5 Å². The third-order valence-corrected chi connectivity index (χ3v) is 9.95. The van der Waals surface area contributed by atoms with Crippen molar-refractivity contribution >= 4 is 71.3 Å². The Balaban J connectivity index is 1.10. The number of anilines is 3. The molecule has 0 bridgehead atoms. The van der Waals surface area contributed by atoms with Crippen LogP contribution in [0.3, 0.4) is 0 Å². The number of fused-ring (bicyclic) bond motifs is 8. The highest BCUT2D eigenvalue weighted by Crippen LogP contribution is 2.41. The van der Waals surface area contributed by atoms with Crippen molar-refractivity contribution in [3.8, 4) is 22.3 Å². The van der Waals surface area contributed by atoms with E-state index in [4.69, 9.17) is 4.42 Å². The average molecular weight is 639 g/mol. The van der Waals surface area contributed by atoms with Crippen molar-refractivity contribution in [2.75, 3.05) is 4.90 Å². The maximum Gasteiger partial charge on any atom is 0.153 e. The van der Waals surface area contributed by atoms with Crippen LogP contribution < -0.4 is 4.90 Å². The van der Waals surface area contributed by atoms with Gasteiger partial charge in [0.1, 0.15) is 5.58 Å². The number of rotatable bonds is 5. The zero-order valence-corrected chi connectivity index (χ0v) is 27.1. The lowest BCUT2D eigenvalue weighted by atomic mass is 9.96. The van der Waals surface area contributed by atoms with E-state index >= 15 is 0 Å². The molecule has 0 N–H and O–H groups in total. The summed E-state index contributed by atoms with van der Waals surface area (Å²) in [6.07, 6.45) is 3.61. The summed E-state index contributed by atoms with van der Waals surface area (Å²) < 4.78 is 6.32. The normalized spacial score (nSPS) is 11.6. The van der Waals surface area contributed by atoms with Gasteiger partial charge in [-0.25, -0.2) is 0 Å². The Kier molecular flexibility index (Phi) is 6.49. The fourth-order valence-corrected chi connectivity index (χ4v) is 7.51. The molecule has 10 rings (SSSR count). The molecule has 3 nitrogen and oxygen atoms in total. The fraction of sp³-hybridized carbons (Fsp3) is 0. The Morgan fingerprint density at radius 1 is 0.400 bits per heavy atom. The van der Waals surface area contributed by atoms with Crippen LogP contribution in [0.1, 0.15) is 0 Å². The van der Waals surface area contributed by atoms with Crippen molar-refractivity contribution < 1.29 is 4.42 Å². The number of pyridine rings is 1. The van der Waals surface area contributed by atoms with Crippen LogP contribution in [0.4, 0.5) is 17.1 Å². The topological polar surface area (TPSA) is 29.3 Å². The maximum atomic E-state index is 6.32. The predicted molar refractivity (Wildman–Crippen MR) is 210 cm³/mol. The molecular formula is C47H30N2O. The van der Waals surface area contributed by atoms with Crippen molar-refractivity contribution in [2.45, 2.75) is 0 Å². The fourth-order valence-electron chi connectivity index (χ4n) is 7.51. The molecule has 0 radical (unpaired) electrons. The lowest BCUT2D eigenvalue weighted by Gasteiger charge is -2.26. The van der Waals surface area contributed by atoms with Gasteiger partial charge in [-0.3, -0.25) is 4.98 Å². The molecule has 10 aromatic rings. The van der Waals surface area contributed by atoms with Gasteiger partial charge in [-0.2, -0.15) is 0 Å². The predicted octanol–water partition coefficient (Wildman–Crippen LogP) is 13.2. The van der Waals surface area contributed by atoms with Gasteiger partial charge in [-0.15, -0.1) is 0 Å². The van der Waals surface area contributed by atoms with Gasteiger partial charge < -0.3 is 9.32 Å². The summed E-state index contributed by atoms with van der Waals surface area (Å²) in [5, 5.41) is 9.73. The van der Waals surface area contributed by atoms with Crippen molar-refractivity contribution in [3.05, 3.63) is 182 Å². The highest BCUT2D eigenvalue weighted by atomic mass is 16.3. The van der Waals surface area contributed by atoms with Crippen LogP contribution >= 0.6 is 0 Å². The molecule has 3 heteroatoms. The molecule has 0 aliphatic heterocycles. The van der Waals surface area contributed by atoms with Crippen LogP contribution in [0, 0.1) is 0 Å². The minimum Gasteiger partial charge on any atom is -0.454 e. The van der Waals surface area contributed by atoms with E-state index in [2.05, 4.69) is 174 Å². The van der Waals surface area contributed by atoms with Crippen LogP contribution in [-0.2, 0) is 0 Å². The quantitative estimate of drug-likeness (QED) is 0.176. The zero-order chi connectivity index (χ0) is 33.0. The summed E-state index contributed by atoms with van der Waals surface area (Å²) in [4.78, 5) is 6.61. The van der Waals surface area contributed by atoms with Crippen molar-refractivity contribution in [3.63, 3.8) is 0 Å². The first-order chi connectivity index (χ1) is 24.8. The second-order valence-electron chi connectivity index (χ2n) is 12.8. The number of benzene rings is 8. The van der Waals surface area contributed by atoms with E-state index in [1.807, 2.05) is 12.3 Å². The van der Waals surface area contributed by atoms with Gasteiger partial charge in [0.15, 0.2) is 5.58 Å². The molecule has 0 saturated heterocycles. The molecule has 0 saturated carbocycles. The van der Waals surface area contributed by atoms with E-state index < -0.39 is 0 Å². The van der Waals surface area contributed by atoms with Crippen molar-refractivity contribution in [1.29, 1.82) is 0 Å². The number of hydrogen-bond donors (Lipinski definition) is 0. The van der Waals surface area contributed by atoms with Gasteiger partial charge in [0.25, 0.3) is 0 Å². The molecule has 234 valence electrons. The third kappa shape index (κ3) is 4.63. The number of hydrogen-bond acceptors (Lipinski definition) is 3. The van der Waals surface area contributed by atoms with Crippen molar-refractivity contribution in [2.24, 2.45) is 0 Å². The molecule has 8 aromatic carbocycles. The van der Waals surface area contributed by atoms with Gasteiger partial charge >= 0.3 is 0 Å². The van der Waals surface area contributed by atoms with Gasteiger partial charge in [0.05, 0.1) is 6.20 Å². The Bertz CT molecular complexity index is 2850. The maximum absolute atomic E-state index is 6.32. The van der Waals surface area contributed by atoms with E-state index in [0.717, 1.165) is 50.1 Å². The van der Waals surface area contributed by atoms with Crippen LogP contribution in [0.25, 0.3) is 76.5 Å². The van der Waals surface area contributed by atoms with Crippen LogP contribution in [0.2, 0.25) is 0 Å². The standard InChI is InChI=1S/C47H30N2O/c1-2-7-31(8-3-1)32-13-19-36(20-14-32)49(38-23-26-40-35(29-38)18-25-42-39-10-5-4-9-33(39)17-24-43(40)42)37-21-15-34(16-22-37)41-11-6-12-45-44-27-28-48-30-46(44)50-47(41)45/h1-30H. The zero-order valence-electron chi connectivity index (χ0n) is 27.1. The summed E-state index contributed by atoms with van der Waals surface area (Å²) in [5.74, 6) is 0. The number of aromatic nitrogens is 1. The van der Waals surface area contributed by atoms with Gasteiger partial charge in [0, 0.05) is 39.6 Å². The summed E-state index contributed by atoms with van der Waals surface area (Å²) in [5.41, 5.74) is 9.51. The Labute approximate surface area is 289 Å². The second-order valence-corrected chi connectivity index (χ2v) is 12.8. The monoisotopic (exact) mass is 638 g/mol. The molecule has 2 aromatic heterocycles. The first kappa shape index (κ1) is 28.3. The highest BCUT2D eigenvalue weighted by molar-refractivity contribution is 6.17. The summed E-state index contributed by atoms with van der Waals surface area (Å²) >= 11 is 0. The van der Waals surface area contributed by atoms with Crippen LogP contribution in [-0.4, -0.2) is 4.98 Å². The number of furan rings is 1. The molecule has 0 unspecified atom stereocenters. The van der Waals surface area contributed by atoms with Gasteiger partial charge in [-0.1, -0.05) is 127 Å². The van der Waals surface area contributed by atoms with Gasteiger partial charge in [0.2, 0.25) is 0 Å². The minimum absolute atomic E-state index is 0.800.